The summed E-state index contributed by atoms with van der Waals surface area (Å²) < 4.78 is 72.2. The van der Waals surface area contributed by atoms with Crippen LogP contribution in [0.15, 0.2) is 88.9 Å². The largest absolute Gasteiger partial charge is 0.465 e. The Kier molecular flexibility index (Phi) is 7.53. The molecule has 0 aliphatic carbocycles. The second-order valence-electron chi connectivity index (χ2n) is 8.29. The van der Waals surface area contributed by atoms with Gasteiger partial charge in [0.15, 0.2) is 0 Å². The van der Waals surface area contributed by atoms with Crippen LogP contribution in [-0.4, -0.2) is 38.3 Å². The van der Waals surface area contributed by atoms with E-state index in [0.717, 1.165) is 23.8 Å². The van der Waals surface area contributed by atoms with E-state index in [1.807, 2.05) is 30.3 Å². The maximum atomic E-state index is 13.1. The van der Waals surface area contributed by atoms with Crippen molar-refractivity contribution in [2.75, 3.05) is 17.9 Å². The van der Waals surface area contributed by atoms with Gasteiger partial charge in [0.05, 0.1) is 28.8 Å². The third-order valence-corrected chi connectivity index (χ3v) is 7.08. The molecule has 3 aromatic rings. The minimum absolute atomic E-state index is 0.0568. The fourth-order valence-corrected chi connectivity index (χ4v) is 5.09. The smallest absolute Gasteiger partial charge is 0.416 e. The lowest BCUT2D eigenvalue weighted by atomic mass is 9.98. The minimum Gasteiger partial charge on any atom is -0.465 e. The van der Waals surface area contributed by atoms with Crippen molar-refractivity contribution in [3.05, 3.63) is 95.6 Å². The Labute approximate surface area is 212 Å². The number of rotatable bonds is 8. The molecule has 0 amide bonds. The van der Waals surface area contributed by atoms with E-state index >= 15 is 0 Å². The number of hydrogen-bond donors (Lipinski definition) is 1. The Hall–Kier alpha value is -3.86. The zero-order valence-corrected chi connectivity index (χ0v) is 20.6. The van der Waals surface area contributed by atoms with Crippen molar-refractivity contribution >= 4 is 27.4 Å². The van der Waals surface area contributed by atoms with Crippen LogP contribution in [0.25, 0.3) is 0 Å². The molecule has 0 radical (unpaired) electrons. The summed E-state index contributed by atoms with van der Waals surface area (Å²) in [5.41, 5.74) is 1.29. The molecule has 1 aliphatic heterocycles. The van der Waals surface area contributed by atoms with Gasteiger partial charge in [-0.3, -0.25) is 14.5 Å². The summed E-state index contributed by atoms with van der Waals surface area (Å²) in [6, 6.07) is 19.2. The van der Waals surface area contributed by atoms with E-state index in [9.17, 15) is 26.4 Å². The van der Waals surface area contributed by atoms with Gasteiger partial charge in [0.1, 0.15) is 6.54 Å². The predicted octanol–water partition coefficient (Wildman–Crippen LogP) is 5.22. The van der Waals surface area contributed by atoms with Crippen molar-refractivity contribution in [1.82, 2.24) is 5.01 Å². The number of carbonyl (C=O) groups excluding carboxylic acids is 1. The van der Waals surface area contributed by atoms with Gasteiger partial charge in [-0.2, -0.15) is 18.3 Å². The first-order valence-corrected chi connectivity index (χ1v) is 12.9. The van der Waals surface area contributed by atoms with Crippen molar-refractivity contribution in [2.24, 2.45) is 5.10 Å². The molecule has 1 heterocycles. The molecule has 4 rings (SSSR count). The van der Waals surface area contributed by atoms with Crippen LogP contribution in [-0.2, 0) is 25.7 Å². The molecule has 1 N–H and O–H groups in total. The zero-order valence-electron chi connectivity index (χ0n) is 19.8. The molecular formula is C26H24F3N3O4S. The maximum absolute atomic E-state index is 13.1. The molecule has 0 saturated heterocycles. The fourth-order valence-electron chi connectivity index (χ4n) is 4.00. The van der Waals surface area contributed by atoms with Crippen molar-refractivity contribution in [2.45, 2.75) is 30.5 Å². The van der Waals surface area contributed by atoms with Crippen LogP contribution >= 0.6 is 0 Å². The van der Waals surface area contributed by atoms with Crippen LogP contribution in [0, 0.1) is 0 Å². The lowest BCUT2D eigenvalue weighted by Gasteiger charge is -2.22. The first-order valence-electron chi connectivity index (χ1n) is 11.4. The fraction of sp³-hybridized carbons (Fsp3) is 0.231. The van der Waals surface area contributed by atoms with Crippen molar-refractivity contribution in [1.29, 1.82) is 0 Å². The first-order chi connectivity index (χ1) is 17.6. The molecule has 0 bridgehead atoms. The van der Waals surface area contributed by atoms with Gasteiger partial charge in [0.25, 0.3) is 10.0 Å². The molecule has 1 atom stereocenters. The predicted molar refractivity (Wildman–Crippen MR) is 132 cm³/mol. The van der Waals surface area contributed by atoms with Crippen molar-refractivity contribution in [3.8, 4) is 0 Å². The number of halogens is 3. The number of anilines is 1. The van der Waals surface area contributed by atoms with Crippen molar-refractivity contribution < 1.29 is 31.1 Å². The second kappa shape index (κ2) is 10.6. The van der Waals surface area contributed by atoms with Crippen LogP contribution in [0.1, 0.15) is 36.1 Å². The van der Waals surface area contributed by atoms with Gasteiger partial charge in [-0.05, 0) is 48.4 Å². The highest BCUT2D eigenvalue weighted by molar-refractivity contribution is 7.92. The summed E-state index contributed by atoms with van der Waals surface area (Å²) in [4.78, 5) is 11.7. The summed E-state index contributed by atoms with van der Waals surface area (Å²) >= 11 is 0. The topological polar surface area (TPSA) is 88.1 Å². The van der Waals surface area contributed by atoms with Crippen LogP contribution in [0.4, 0.5) is 18.9 Å². The Bertz CT molecular complexity index is 1410. The third-order valence-electron chi connectivity index (χ3n) is 5.70. The number of esters is 1. The average molecular weight is 532 g/mol. The number of nitrogens with one attached hydrogen (secondary N) is 1. The lowest BCUT2D eigenvalue weighted by molar-refractivity contribution is -0.145. The van der Waals surface area contributed by atoms with E-state index in [1.54, 1.807) is 30.1 Å². The number of nitrogens with zero attached hydrogens (tertiary/aromatic N) is 2. The highest BCUT2D eigenvalue weighted by Gasteiger charge is 2.32. The van der Waals surface area contributed by atoms with E-state index in [2.05, 4.69) is 9.82 Å². The van der Waals surface area contributed by atoms with Crippen LogP contribution < -0.4 is 4.72 Å². The monoisotopic (exact) mass is 531 g/mol. The average Bonchev–Trinajstić information content (AvgIpc) is 3.28. The van der Waals surface area contributed by atoms with Gasteiger partial charge in [-0.1, -0.05) is 48.5 Å². The molecule has 1 aliphatic rings. The van der Waals surface area contributed by atoms with E-state index in [4.69, 9.17) is 4.74 Å². The highest BCUT2D eigenvalue weighted by Crippen LogP contribution is 2.34. The molecule has 3 aromatic carbocycles. The first kappa shape index (κ1) is 26.2. The molecule has 37 heavy (non-hydrogen) atoms. The second-order valence-corrected chi connectivity index (χ2v) is 9.97. The van der Waals surface area contributed by atoms with Gasteiger partial charge >= 0.3 is 12.1 Å². The minimum atomic E-state index is -4.67. The number of alkyl halides is 3. The van der Waals surface area contributed by atoms with Crippen molar-refractivity contribution in [3.63, 3.8) is 0 Å². The molecule has 0 aromatic heterocycles. The molecule has 11 heteroatoms. The molecule has 194 valence electrons. The molecule has 0 fully saturated rings. The Morgan fingerprint density at radius 1 is 1.05 bits per heavy atom. The van der Waals surface area contributed by atoms with Gasteiger partial charge in [-0.15, -0.1) is 0 Å². The molecule has 0 saturated carbocycles. The standard InChI is InChI=1S/C26H24F3N3O4S/c1-2-36-25(33)17-32-24(18-8-4-3-5-9-18)16-23(30-32)19-10-6-12-21(14-19)31-37(34,35)22-13-7-11-20(15-22)26(27,28)29/h3-15,24,31H,2,16-17H2,1H3. The van der Waals surface area contributed by atoms with Gasteiger partial charge < -0.3 is 4.74 Å². The number of hydrogen-bond acceptors (Lipinski definition) is 6. The van der Waals surface area contributed by atoms with Gasteiger partial charge in [0, 0.05) is 12.1 Å². The molecule has 0 spiro atoms. The summed E-state index contributed by atoms with van der Waals surface area (Å²) in [6.07, 6.45) is -4.22. The highest BCUT2D eigenvalue weighted by atomic mass is 32.2. The Balaban J connectivity index is 1.59. The van der Waals surface area contributed by atoms with Gasteiger partial charge in [-0.25, -0.2) is 8.42 Å². The van der Waals surface area contributed by atoms with E-state index in [0.29, 0.717) is 23.8 Å². The normalized spacial score (nSPS) is 15.8. The summed E-state index contributed by atoms with van der Waals surface area (Å²) in [7, 11) is -4.28. The summed E-state index contributed by atoms with van der Waals surface area (Å²) in [6.45, 7) is 1.91. The number of ether oxygens (including phenoxy) is 1. The summed E-state index contributed by atoms with van der Waals surface area (Å²) in [5.74, 6) is -0.420. The van der Waals surface area contributed by atoms with E-state index < -0.39 is 32.6 Å². The molecule has 1 unspecified atom stereocenters. The SMILES string of the molecule is CCOC(=O)CN1N=C(c2cccc(NS(=O)(=O)c3cccc(C(F)(F)F)c3)c2)CC1c1ccccc1. The van der Waals surface area contributed by atoms with Crippen LogP contribution in [0.5, 0.6) is 0 Å². The summed E-state index contributed by atoms with van der Waals surface area (Å²) in [5, 5.41) is 6.26. The zero-order chi connectivity index (χ0) is 26.6. The number of carbonyl (C=O) groups is 1. The lowest BCUT2D eigenvalue weighted by Crippen LogP contribution is -2.27. The Morgan fingerprint density at radius 2 is 1.78 bits per heavy atom. The Morgan fingerprint density at radius 3 is 2.49 bits per heavy atom. The maximum Gasteiger partial charge on any atom is 0.416 e. The quantitative estimate of drug-likeness (QED) is 0.403. The van der Waals surface area contributed by atoms with Crippen LogP contribution in [0.2, 0.25) is 0 Å². The molecular weight excluding hydrogens is 507 g/mol. The van der Waals surface area contributed by atoms with E-state index in [1.165, 1.54) is 6.07 Å². The number of sulfonamides is 1. The van der Waals surface area contributed by atoms with Gasteiger partial charge in [0.2, 0.25) is 0 Å². The van der Waals surface area contributed by atoms with Crippen LogP contribution in [0.3, 0.4) is 0 Å². The molecule has 7 nitrogen and oxygen atoms in total. The third kappa shape index (κ3) is 6.29. The number of hydrazone groups is 1. The number of benzene rings is 3. The van der Waals surface area contributed by atoms with E-state index in [-0.39, 0.29) is 24.9 Å².